The minimum Gasteiger partial charge on any atom is -0.398 e. The zero-order valence-corrected chi connectivity index (χ0v) is 11.7. The molecule has 0 unspecified atom stereocenters. The highest BCUT2D eigenvalue weighted by Gasteiger charge is 2.17. The van der Waals surface area contributed by atoms with Crippen LogP contribution in [0.25, 0.3) is 10.9 Å². The number of carbonyl (C=O) groups excluding carboxylic acids is 1. The van der Waals surface area contributed by atoms with Crippen LogP contribution in [0.15, 0.2) is 42.6 Å². The van der Waals surface area contributed by atoms with E-state index >= 15 is 0 Å². The molecule has 0 bridgehead atoms. The van der Waals surface area contributed by atoms with Crippen molar-refractivity contribution in [3.8, 4) is 0 Å². The van der Waals surface area contributed by atoms with Gasteiger partial charge in [-0.05, 0) is 36.8 Å². The van der Waals surface area contributed by atoms with Crippen LogP contribution in [0.2, 0.25) is 5.02 Å². The van der Waals surface area contributed by atoms with Gasteiger partial charge < -0.3 is 10.7 Å². The van der Waals surface area contributed by atoms with Gasteiger partial charge >= 0.3 is 0 Å². The largest absolute Gasteiger partial charge is 0.398 e. The Morgan fingerprint density at radius 3 is 2.80 bits per heavy atom. The first-order valence-electron chi connectivity index (χ1n) is 6.24. The molecule has 0 amide bonds. The van der Waals surface area contributed by atoms with Crippen LogP contribution in [0, 0.1) is 6.92 Å². The fourth-order valence-corrected chi connectivity index (χ4v) is 2.59. The topological polar surface area (TPSA) is 58.9 Å². The lowest BCUT2D eigenvalue weighted by molar-refractivity contribution is 0.104. The fourth-order valence-electron chi connectivity index (χ4n) is 2.42. The summed E-state index contributed by atoms with van der Waals surface area (Å²) in [7, 11) is 0. The van der Waals surface area contributed by atoms with Crippen LogP contribution in [0.3, 0.4) is 0 Å². The maximum absolute atomic E-state index is 12.7. The number of rotatable bonds is 2. The molecule has 3 aromatic rings. The lowest BCUT2D eigenvalue weighted by Gasteiger charge is -2.05. The molecule has 0 radical (unpaired) electrons. The van der Waals surface area contributed by atoms with Crippen LogP contribution in [0.5, 0.6) is 0 Å². The predicted molar refractivity (Wildman–Crippen MR) is 82.3 cm³/mol. The quantitative estimate of drug-likeness (QED) is 0.553. The van der Waals surface area contributed by atoms with Crippen molar-refractivity contribution in [3.05, 3.63) is 64.3 Å². The summed E-state index contributed by atoms with van der Waals surface area (Å²) in [6.07, 6.45) is 1.72. The summed E-state index contributed by atoms with van der Waals surface area (Å²) < 4.78 is 0. The number of anilines is 1. The van der Waals surface area contributed by atoms with Crippen molar-refractivity contribution in [1.82, 2.24) is 4.98 Å². The number of hydrogen-bond acceptors (Lipinski definition) is 2. The molecule has 0 aliphatic rings. The van der Waals surface area contributed by atoms with E-state index in [-0.39, 0.29) is 5.78 Å². The van der Waals surface area contributed by atoms with Crippen LogP contribution in [-0.4, -0.2) is 10.8 Å². The maximum Gasteiger partial charge on any atom is 0.197 e. The number of carbonyl (C=O) groups is 1. The first-order valence-corrected chi connectivity index (χ1v) is 6.62. The Morgan fingerprint density at radius 1 is 1.20 bits per heavy atom. The molecule has 4 heteroatoms. The normalized spacial score (nSPS) is 10.9. The number of nitrogens with two attached hydrogens (primary N) is 1. The summed E-state index contributed by atoms with van der Waals surface area (Å²) in [5, 5.41) is 1.43. The zero-order valence-electron chi connectivity index (χ0n) is 10.9. The van der Waals surface area contributed by atoms with Gasteiger partial charge in [0.15, 0.2) is 5.78 Å². The molecule has 0 spiro atoms. The Kier molecular flexibility index (Phi) is 2.99. The van der Waals surface area contributed by atoms with Crippen molar-refractivity contribution >= 4 is 34.0 Å². The van der Waals surface area contributed by atoms with Gasteiger partial charge in [-0.15, -0.1) is 0 Å². The van der Waals surface area contributed by atoms with Crippen LogP contribution in [-0.2, 0) is 0 Å². The summed E-state index contributed by atoms with van der Waals surface area (Å²) in [6.45, 7) is 1.98. The van der Waals surface area contributed by atoms with Crippen LogP contribution < -0.4 is 5.73 Å². The van der Waals surface area contributed by atoms with Gasteiger partial charge in [0.1, 0.15) is 0 Å². The second-order valence-electron chi connectivity index (χ2n) is 4.76. The SMILES string of the molecule is Cc1cccc2[nH]cc(C(=O)c3cc(Cl)ccc3N)c12. The number of H-pyrrole nitrogens is 1. The van der Waals surface area contributed by atoms with Crippen molar-refractivity contribution in [2.24, 2.45) is 0 Å². The molecule has 3 rings (SSSR count). The maximum atomic E-state index is 12.7. The van der Waals surface area contributed by atoms with Gasteiger partial charge in [0.2, 0.25) is 0 Å². The number of aromatic amines is 1. The summed E-state index contributed by atoms with van der Waals surface area (Å²) in [5.41, 5.74) is 9.36. The van der Waals surface area contributed by atoms with E-state index in [0.717, 1.165) is 16.5 Å². The average molecular weight is 285 g/mol. The lowest BCUT2D eigenvalue weighted by Crippen LogP contribution is -2.05. The number of aromatic nitrogens is 1. The number of fused-ring (bicyclic) bond motifs is 1. The fraction of sp³-hybridized carbons (Fsp3) is 0.0625. The monoisotopic (exact) mass is 284 g/mol. The molecule has 2 aromatic carbocycles. The summed E-state index contributed by atoms with van der Waals surface area (Å²) in [4.78, 5) is 15.8. The second-order valence-corrected chi connectivity index (χ2v) is 5.20. The van der Waals surface area contributed by atoms with Crippen molar-refractivity contribution in [2.45, 2.75) is 6.92 Å². The first-order chi connectivity index (χ1) is 9.58. The number of hydrogen-bond donors (Lipinski definition) is 2. The smallest absolute Gasteiger partial charge is 0.197 e. The number of halogens is 1. The number of aryl methyl sites for hydroxylation is 1. The Balaban J connectivity index is 2.21. The van der Waals surface area contributed by atoms with E-state index in [1.807, 2.05) is 25.1 Å². The molecular weight excluding hydrogens is 272 g/mol. The first kappa shape index (κ1) is 12.8. The van der Waals surface area contributed by atoms with E-state index in [0.29, 0.717) is 21.8 Å². The zero-order chi connectivity index (χ0) is 14.3. The summed E-state index contributed by atoms with van der Waals surface area (Å²) >= 11 is 5.96. The van der Waals surface area contributed by atoms with Gasteiger partial charge in [-0.2, -0.15) is 0 Å². The van der Waals surface area contributed by atoms with Crippen molar-refractivity contribution in [3.63, 3.8) is 0 Å². The second kappa shape index (κ2) is 4.69. The number of nitrogen functional groups attached to an aromatic ring is 1. The molecule has 0 aliphatic carbocycles. The molecule has 0 saturated heterocycles. The molecule has 3 nitrogen and oxygen atoms in total. The highest BCUT2D eigenvalue weighted by atomic mass is 35.5. The highest BCUT2D eigenvalue weighted by Crippen LogP contribution is 2.27. The third-order valence-electron chi connectivity index (χ3n) is 3.42. The molecule has 20 heavy (non-hydrogen) atoms. The van der Waals surface area contributed by atoms with E-state index in [1.54, 1.807) is 24.4 Å². The molecule has 0 fully saturated rings. The van der Waals surface area contributed by atoms with Gasteiger partial charge in [-0.1, -0.05) is 23.7 Å². The molecule has 1 aromatic heterocycles. The number of nitrogens with one attached hydrogen (secondary N) is 1. The van der Waals surface area contributed by atoms with Gasteiger partial charge in [0, 0.05) is 38.9 Å². The highest BCUT2D eigenvalue weighted by molar-refractivity contribution is 6.31. The number of ketones is 1. The van der Waals surface area contributed by atoms with E-state index < -0.39 is 0 Å². The molecular formula is C16H13ClN2O. The lowest BCUT2D eigenvalue weighted by atomic mass is 9.99. The van der Waals surface area contributed by atoms with Crippen molar-refractivity contribution < 1.29 is 4.79 Å². The van der Waals surface area contributed by atoms with Crippen LogP contribution >= 0.6 is 11.6 Å². The minimum absolute atomic E-state index is 0.120. The third kappa shape index (κ3) is 1.96. The summed E-state index contributed by atoms with van der Waals surface area (Å²) in [6, 6.07) is 10.8. The Bertz CT molecular complexity index is 820. The average Bonchev–Trinajstić information content (AvgIpc) is 2.86. The van der Waals surface area contributed by atoms with Gasteiger partial charge in [-0.3, -0.25) is 4.79 Å². The Labute approximate surface area is 121 Å². The standard InChI is InChI=1S/C16H13ClN2O/c1-9-3-2-4-14-15(9)12(8-19-14)16(20)11-7-10(17)5-6-13(11)18/h2-8,19H,18H2,1H3. The molecule has 1 heterocycles. The predicted octanol–water partition coefficient (Wildman–Crippen LogP) is 3.94. The van der Waals surface area contributed by atoms with Crippen molar-refractivity contribution in [2.75, 3.05) is 5.73 Å². The minimum atomic E-state index is -0.120. The molecule has 100 valence electrons. The Morgan fingerprint density at radius 2 is 2.00 bits per heavy atom. The van der Waals surface area contributed by atoms with Gasteiger partial charge in [0.25, 0.3) is 0 Å². The molecule has 0 atom stereocenters. The van der Waals surface area contributed by atoms with E-state index in [1.165, 1.54) is 0 Å². The van der Waals surface area contributed by atoms with E-state index in [2.05, 4.69) is 4.98 Å². The van der Waals surface area contributed by atoms with E-state index in [4.69, 9.17) is 17.3 Å². The van der Waals surface area contributed by atoms with Crippen molar-refractivity contribution in [1.29, 1.82) is 0 Å². The molecule has 0 aliphatic heterocycles. The number of benzene rings is 2. The molecule has 0 saturated carbocycles. The van der Waals surface area contributed by atoms with Gasteiger partial charge in [-0.25, -0.2) is 0 Å². The van der Waals surface area contributed by atoms with E-state index in [9.17, 15) is 4.79 Å². The van der Waals surface area contributed by atoms with Crippen LogP contribution in [0.4, 0.5) is 5.69 Å². The third-order valence-corrected chi connectivity index (χ3v) is 3.65. The Hall–Kier alpha value is -2.26. The van der Waals surface area contributed by atoms with Gasteiger partial charge in [0.05, 0.1) is 0 Å². The molecule has 3 N–H and O–H groups in total. The summed E-state index contributed by atoms with van der Waals surface area (Å²) in [5.74, 6) is -0.120. The van der Waals surface area contributed by atoms with Crippen LogP contribution in [0.1, 0.15) is 21.5 Å².